The lowest BCUT2D eigenvalue weighted by Gasteiger charge is -2.34. The van der Waals surface area contributed by atoms with Gasteiger partial charge in [0.05, 0.1) is 18.0 Å². The number of anilines is 2. The van der Waals surface area contributed by atoms with Crippen LogP contribution in [0.2, 0.25) is 0 Å². The van der Waals surface area contributed by atoms with E-state index in [1.54, 1.807) is 0 Å². The van der Waals surface area contributed by atoms with Crippen molar-refractivity contribution in [1.29, 1.82) is 0 Å². The SMILES string of the molecule is COC(=O)C1CCN(c2ncnc(N3CCC(Cc4ccccc4)CC3)c2[N+](=O)[O-])CC1. The van der Waals surface area contributed by atoms with Crippen LogP contribution in [0.4, 0.5) is 17.3 Å². The molecule has 2 aliphatic rings. The highest BCUT2D eigenvalue weighted by molar-refractivity contribution is 5.74. The quantitative estimate of drug-likeness (QED) is 0.384. The van der Waals surface area contributed by atoms with Gasteiger partial charge in [-0.25, -0.2) is 9.97 Å². The average Bonchev–Trinajstić information content (AvgIpc) is 2.84. The third-order valence-electron chi connectivity index (χ3n) is 6.58. The summed E-state index contributed by atoms with van der Waals surface area (Å²) in [5.41, 5.74) is 1.29. The number of nitrogens with zero attached hydrogens (tertiary/aromatic N) is 5. The van der Waals surface area contributed by atoms with Crippen LogP contribution in [0.3, 0.4) is 0 Å². The van der Waals surface area contributed by atoms with E-state index in [0.29, 0.717) is 43.5 Å². The first-order chi connectivity index (χ1) is 15.6. The average molecular weight is 440 g/mol. The summed E-state index contributed by atoms with van der Waals surface area (Å²) in [5, 5.41) is 12.1. The number of piperidine rings is 2. The van der Waals surface area contributed by atoms with Crippen molar-refractivity contribution in [3.8, 4) is 0 Å². The molecule has 2 aliphatic heterocycles. The molecule has 3 heterocycles. The van der Waals surface area contributed by atoms with Crippen molar-refractivity contribution in [2.75, 3.05) is 43.1 Å². The molecular weight excluding hydrogens is 410 g/mol. The molecule has 0 amide bonds. The van der Waals surface area contributed by atoms with E-state index in [9.17, 15) is 14.9 Å². The predicted octanol–water partition coefficient (Wildman–Crippen LogP) is 3.23. The van der Waals surface area contributed by atoms with Gasteiger partial charge in [-0.15, -0.1) is 0 Å². The molecule has 9 heteroatoms. The Labute approximate surface area is 187 Å². The second-order valence-corrected chi connectivity index (χ2v) is 8.53. The number of hydrogen-bond acceptors (Lipinski definition) is 8. The highest BCUT2D eigenvalue weighted by Crippen LogP contribution is 2.37. The van der Waals surface area contributed by atoms with E-state index < -0.39 is 0 Å². The molecule has 0 bridgehead atoms. The van der Waals surface area contributed by atoms with Crippen LogP contribution in [-0.4, -0.2) is 54.1 Å². The molecule has 9 nitrogen and oxygen atoms in total. The van der Waals surface area contributed by atoms with Crippen molar-refractivity contribution >= 4 is 23.3 Å². The summed E-state index contributed by atoms with van der Waals surface area (Å²) in [6.07, 6.45) is 5.56. The molecule has 2 saturated heterocycles. The summed E-state index contributed by atoms with van der Waals surface area (Å²) < 4.78 is 4.84. The summed E-state index contributed by atoms with van der Waals surface area (Å²) in [5.74, 6) is 0.912. The van der Waals surface area contributed by atoms with Gasteiger partial charge in [0.1, 0.15) is 6.33 Å². The van der Waals surface area contributed by atoms with Gasteiger partial charge in [0.25, 0.3) is 0 Å². The van der Waals surface area contributed by atoms with Gasteiger partial charge in [0.2, 0.25) is 11.6 Å². The van der Waals surface area contributed by atoms with E-state index in [1.165, 1.54) is 19.0 Å². The number of benzene rings is 1. The number of carbonyl (C=O) groups is 1. The summed E-state index contributed by atoms with van der Waals surface area (Å²) >= 11 is 0. The van der Waals surface area contributed by atoms with Crippen LogP contribution in [0.25, 0.3) is 0 Å². The second kappa shape index (κ2) is 9.93. The summed E-state index contributed by atoms with van der Waals surface area (Å²) in [6, 6.07) is 10.4. The zero-order valence-electron chi connectivity index (χ0n) is 18.4. The topological polar surface area (TPSA) is 102 Å². The molecule has 1 aromatic carbocycles. The normalized spacial score (nSPS) is 17.9. The van der Waals surface area contributed by atoms with Crippen molar-refractivity contribution in [3.05, 3.63) is 52.3 Å². The number of methoxy groups -OCH3 is 1. The van der Waals surface area contributed by atoms with Crippen molar-refractivity contribution < 1.29 is 14.5 Å². The number of aromatic nitrogens is 2. The Morgan fingerprint density at radius 1 is 1.03 bits per heavy atom. The van der Waals surface area contributed by atoms with Gasteiger partial charge < -0.3 is 14.5 Å². The van der Waals surface area contributed by atoms with Gasteiger partial charge in [-0.1, -0.05) is 30.3 Å². The molecule has 0 unspecified atom stereocenters. The number of esters is 1. The van der Waals surface area contributed by atoms with E-state index >= 15 is 0 Å². The molecule has 0 aliphatic carbocycles. The van der Waals surface area contributed by atoms with Crippen LogP contribution in [0.5, 0.6) is 0 Å². The second-order valence-electron chi connectivity index (χ2n) is 8.53. The molecule has 170 valence electrons. The highest BCUT2D eigenvalue weighted by Gasteiger charge is 2.34. The minimum Gasteiger partial charge on any atom is -0.469 e. The zero-order chi connectivity index (χ0) is 22.5. The third kappa shape index (κ3) is 4.81. The first-order valence-corrected chi connectivity index (χ1v) is 11.2. The molecule has 0 saturated carbocycles. The van der Waals surface area contributed by atoms with Gasteiger partial charge in [0, 0.05) is 26.2 Å². The fourth-order valence-electron chi connectivity index (χ4n) is 4.78. The largest absolute Gasteiger partial charge is 0.469 e. The predicted molar refractivity (Wildman–Crippen MR) is 121 cm³/mol. The summed E-state index contributed by atoms with van der Waals surface area (Å²) in [4.78, 5) is 36.0. The Bertz CT molecular complexity index is 939. The van der Waals surface area contributed by atoms with E-state index in [1.807, 2.05) is 15.9 Å². The standard InChI is InChI=1S/C23H29N5O4/c1-32-23(29)19-9-13-27(14-10-19)22-20(28(30)31)21(24-16-25-22)26-11-7-18(8-12-26)15-17-5-3-2-4-6-17/h2-6,16,18-19H,7-15H2,1H3. The molecule has 1 aromatic heterocycles. The van der Waals surface area contributed by atoms with E-state index in [4.69, 9.17) is 4.74 Å². The highest BCUT2D eigenvalue weighted by atomic mass is 16.6. The van der Waals surface area contributed by atoms with E-state index in [2.05, 4.69) is 34.2 Å². The van der Waals surface area contributed by atoms with Crippen molar-refractivity contribution in [3.63, 3.8) is 0 Å². The maximum atomic E-state index is 12.1. The van der Waals surface area contributed by atoms with Crippen LogP contribution in [0, 0.1) is 22.0 Å². The Morgan fingerprint density at radius 2 is 1.59 bits per heavy atom. The third-order valence-corrected chi connectivity index (χ3v) is 6.58. The Kier molecular flexibility index (Phi) is 6.82. The fourth-order valence-corrected chi connectivity index (χ4v) is 4.78. The maximum Gasteiger partial charge on any atom is 0.353 e. The molecule has 4 rings (SSSR count). The number of nitro groups is 1. The smallest absolute Gasteiger partial charge is 0.353 e. The van der Waals surface area contributed by atoms with Crippen LogP contribution in [-0.2, 0) is 16.0 Å². The summed E-state index contributed by atoms with van der Waals surface area (Å²) in [6.45, 7) is 2.52. The lowest BCUT2D eigenvalue weighted by molar-refractivity contribution is -0.383. The molecule has 2 fully saturated rings. The van der Waals surface area contributed by atoms with Gasteiger partial charge in [-0.3, -0.25) is 14.9 Å². The van der Waals surface area contributed by atoms with Gasteiger partial charge in [-0.2, -0.15) is 0 Å². The Balaban J connectivity index is 1.46. The Morgan fingerprint density at radius 3 is 2.12 bits per heavy atom. The van der Waals surface area contributed by atoms with Crippen LogP contribution in [0.15, 0.2) is 36.7 Å². The molecule has 0 radical (unpaired) electrons. The molecule has 0 spiro atoms. The van der Waals surface area contributed by atoms with Crippen molar-refractivity contribution in [2.24, 2.45) is 11.8 Å². The first-order valence-electron chi connectivity index (χ1n) is 11.2. The van der Waals surface area contributed by atoms with Gasteiger partial charge in [-0.05, 0) is 43.6 Å². The molecule has 0 atom stereocenters. The molecular formula is C23H29N5O4. The maximum absolute atomic E-state index is 12.1. The summed E-state index contributed by atoms with van der Waals surface area (Å²) in [7, 11) is 1.39. The lowest BCUT2D eigenvalue weighted by Crippen LogP contribution is -2.38. The number of carbonyl (C=O) groups excluding carboxylic acids is 1. The van der Waals surface area contributed by atoms with Crippen molar-refractivity contribution in [2.45, 2.75) is 32.1 Å². The minimum absolute atomic E-state index is 0.0365. The van der Waals surface area contributed by atoms with E-state index in [0.717, 1.165) is 32.4 Å². The fraction of sp³-hybridized carbons (Fsp3) is 0.522. The molecule has 0 N–H and O–H groups in total. The van der Waals surface area contributed by atoms with E-state index in [-0.39, 0.29) is 22.5 Å². The Hall–Kier alpha value is -3.23. The number of rotatable bonds is 6. The van der Waals surface area contributed by atoms with Crippen LogP contribution < -0.4 is 9.80 Å². The lowest BCUT2D eigenvalue weighted by atomic mass is 9.90. The van der Waals surface area contributed by atoms with Crippen molar-refractivity contribution in [1.82, 2.24) is 9.97 Å². The van der Waals surface area contributed by atoms with Gasteiger partial charge in [0.15, 0.2) is 0 Å². The number of hydrogen-bond donors (Lipinski definition) is 0. The van der Waals surface area contributed by atoms with Crippen LogP contribution >= 0.6 is 0 Å². The molecule has 32 heavy (non-hydrogen) atoms. The zero-order valence-corrected chi connectivity index (χ0v) is 18.4. The number of ether oxygens (including phenoxy) is 1. The van der Waals surface area contributed by atoms with Crippen LogP contribution in [0.1, 0.15) is 31.2 Å². The minimum atomic E-state index is -0.368. The first kappa shape index (κ1) is 22.0. The molecule has 2 aromatic rings. The van der Waals surface area contributed by atoms with Gasteiger partial charge >= 0.3 is 11.7 Å². The monoisotopic (exact) mass is 439 g/mol.